The number of anilines is 1. The lowest BCUT2D eigenvalue weighted by Gasteiger charge is -2.30. The fraction of sp³-hybridized carbons (Fsp3) is 0.333. The molecule has 0 spiro atoms. The molecule has 1 fully saturated rings. The number of rotatable bonds is 6. The molecule has 3 aromatic rings. The van der Waals surface area contributed by atoms with Gasteiger partial charge in [0.05, 0.1) is 17.6 Å². The number of carbonyl (C=O) groups is 1. The molecule has 9 nitrogen and oxygen atoms in total. The van der Waals surface area contributed by atoms with Gasteiger partial charge in [0, 0.05) is 31.1 Å². The Morgan fingerprint density at radius 3 is 2.50 bits per heavy atom. The average Bonchev–Trinajstić information content (AvgIpc) is 3.30. The van der Waals surface area contributed by atoms with E-state index in [1.807, 2.05) is 30.3 Å². The molecular weight excluding hydrogens is 456 g/mol. The smallest absolute Gasteiger partial charge is 0.243 e. The van der Waals surface area contributed by atoms with Gasteiger partial charge in [0.15, 0.2) is 11.5 Å². The molecule has 0 radical (unpaired) electrons. The van der Waals surface area contributed by atoms with Crippen molar-refractivity contribution in [2.75, 3.05) is 31.6 Å². The molecule has 0 aliphatic carbocycles. The summed E-state index contributed by atoms with van der Waals surface area (Å²) in [7, 11) is -3.68. The summed E-state index contributed by atoms with van der Waals surface area (Å²) in [5, 5.41) is 7.28. The number of ether oxygens (including phenoxy) is 2. The highest BCUT2D eigenvalue weighted by Crippen LogP contribution is 2.34. The quantitative estimate of drug-likeness (QED) is 0.580. The number of fused-ring (bicyclic) bond motifs is 1. The Morgan fingerprint density at radius 1 is 1.00 bits per heavy atom. The molecule has 2 aliphatic rings. The molecule has 1 N–H and O–H groups in total. The van der Waals surface area contributed by atoms with Gasteiger partial charge in [-0.15, -0.1) is 0 Å². The number of amides is 1. The van der Waals surface area contributed by atoms with Gasteiger partial charge in [-0.3, -0.25) is 4.79 Å². The molecule has 0 bridgehead atoms. The minimum absolute atomic E-state index is 0.119. The lowest BCUT2D eigenvalue weighted by Crippen LogP contribution is -2.41. The SMILES string of the molecule is O=C(Nc1ccnn1Cc1ccccc1)C1CCN(S(=O)(=O)c2ccc3c(c2)OCCO3)CC1. The average molecular weight is 483 g/mol. The van der Waals surface area contributed by atoms with Crippen LogP contribution in [0.4, 0.5) is 5.82 Å². The van der Waals surface area contributed by atoms with Gasteiger partial charge in [0.25, 0.3) is 0 Å². The van der Waals surface area contributed by atoms with Gasteiger partial charge in [-0.1, -0.05) is 30.3 Å². The number of nitrogens with one attached hydrogen (secondary N) is 1. The number of sulfonamides is 1. The molecule has 1 amide bonds. The summed E-state index contributed by atoms with van der Waals surface area (Å²) in [6.07, 6.45) is 2.55. The highest BCUT2D eigenvalue weighted by atomic mass is 32.2. The predicted octanol–water partition coefficient (Wildman–Crippen LogP) is 2.74. The van der Waals surface area contributed by atoms with Gasteiger partial charge in [-0.05, 0) is 30.5 Å². The van der Waals surface area contributed by atoms with Crippen LogP contribution in [-0.2, 0) is 21.4 Å². The second-order valence-electron chi connectivity index (χ2n) is 8.33. The third-order valence-corrected chi connectivity index (χ3v) is 8.01. The number of nitrogens with zero attached hydrogens (tertiary/aromatic N) is 3. The molecule has 5 rings (SSSR count). The topological polar surface area (TPSA) is 103 Å². The third kappa shape index (κ3) is 4.64. The van der Waals surface area contributed by atoms with Gasteiger partial charge in [0.1, 0.15) is 19.0 Å². The first-order valence-electron chi connectivity index (χ1n) is 11.3. The Balaban J connectivity index is 1.20. The highest BCUT2D eigenvalue weighted by Gasteiger charge is 2.33. The Kier molecular flexibility index (Phi) is 6.25. The zero-order valence-corrected chi connectivity index (χ0v) is 19.4. The highest BCUT2D eigenvalue weighted by molar-refractivity contribution is 7.89. The zero-order chi connectivity index (χ0) is 23.5. The summed E-state index contributed by atoms with van der Waals surface area (Å²) >= 11 is 0. The zero-order valence-electron chi connectivity index (χ0n) is 18.6. The van der Waals surface area contributed by atoms with E-state index in [4.69, 9.17) is 9.47 Å². The number of hydrogen-bond donors (Lipinski definition) is 1. The van der Waals surface area contributed by atoms with Crippen molar-refractivity contribution in [2.45, 2.75) is 24.3 Å². The maximum absolute atomic E-state index is 13.1. The molecule has 0 saturated carbocycles. The van der Waals surface area contributed by atoms with Gasteiger partial charge in [-0.2, -0.15) is 9.40 Å². The first-order valence-corrected chi connectivity index (χ1v) is 12.7. The molecular formula is C24H26N4O5S. The fourth-order valence-electron chi connectivity index (χ4n) is 4.24. The lowest BCUT2D eigenvalue weighted by atomic mass is 9.97. The summed E-state index contributed by atoms with van der Waals surface area (Å²) in [6.45, 7) is 1.94. The standard InChI is InChI=1S/C24H26N4O5S/c29-24(26-23-8-11-25-28(23)17-18-4-2-1-3-5-18)19-9-12-27(13-10-19)34(30,31)20-6-7-21-22(16-20)33-15-14-32-21/h1-8,11,16,19H,9-10,12-15,17H2,(H,26,29). The van der Waals surface area contributed by atoms with E-state index in [0.29, 0.717) is 49.9 Å². The van der Waals surface area contributed by atoms with Crippen molar-refractivity contribution < 1.29 is 22.7 Å². The normalized spacial score (nSPS) is 16.8. The monoisotopic (exact) mass is 482 g/mol. The molecule has 10 heteroatoms. The van der Waals surface area contributed by atoms with Crippen LogP contribution in [0, 0.1) is 5.92 Å². The molecule has 34 heavy (non-hydrogen) atoms. The maximum Gasteiger partial charge on any atom is 0.243 e. The van der Waals surface area contributed by atoms with Crippen molar-refractivity contribution in [3.8, 4) is 11.5 Å². The molecule has 0 atom stereocenters. The minimum Gasteiger partial charge on any atom is -0.486 e. The first-order chi connectivity index (χ1) is 16.5. The van der Waals surface area contributed by atoms with E-state index in [1.165, 1.54) is 16.4 Å². The largest absolute Gasteiger partial charge is 0.486 e. The van der Waals surface area contributed by atoms with E-state index in [9.17, 15) is 13.2 Å². The number of piperidine rings is 1. The number of benzene rings is 2. The van der Waals surface area contributed by atoms with E-state index in [0.717, 1.165) is 5.56 Å². The minimum atomic E-state index is -3.68. The Hall–Kier alpha value is -3.37. The molecule has 178 valence electrons. The van der Waals surface area contributed by atoms with E-state index in [-0.39, 0.29) is 29.8 Å². The molecule has 2 aromatic carbocycles. The lowest BCUT2D eigenvalue weighted by molar-refractivity contribution is -0.121. The van der Waals surface area contributed by atoms with Crippen molar-refractivity contribution in [2.24, 2.45) is 5.92 Å². The second-order valence-corrected chi connectivity index (χ2v) is 10.3. The van der Waals surface area contributed by atoms with Gasteiger partial charge >= 0.3 is 0 Å². The fourth-order valence-corrected chi connectivity index (χ4v) is 5.73. The number of aromatic nitrogens is 2. The third-order valence-electron chi connectivity index (χ3n) is 6.12. The number of hydrogen-bond acceptors (Lipinski definition) is 6. The van der Waals surface area contributed by atoms with Crippen molar-refractivity contribution in [3.05, 3.63) is 66.4 Å². The van der Waals surface area contributed by atoms with Crippen LogP contribution in [0.1, 0.15) is 18.4 Å². The number of carbonyl (C=O) groups excluding carboxylic acids is 1. The Morgan fingerprint density at radius 2 is 1.74 bits per heavy atom. The Bertz CT molecular complexity index is 1270. The van der Waals surface area contributed by atoms with Crippen molar-refractivity contribution in [1.82, 2.24) is 14.1 Å². The van der Waals surface area contributed by atoms with E-state index in [1.54, 1.807) is 23.0 Å². The van der Waals surface area contributed by atoms with Gasteiger partial charge in [0.2, 0.25) is 15.9 Å². The van der Waals surface area contributed by atoms with Crippen LogP contribution >= 0.6 is 0 Å². The molecule has 1 aromatic heterocycles. The van der Waals surface area contributed by atoms with Crippen molar-refractivity contribution >= 4 is 21.7 Å². The van der Waals surface area contributed by atoms with E-state index >= 15 is 0 Å². The van der Waals surface area contributed by atoms with E-state index < -0.39 is 10.0 Å². The Labute approximate surface area is 198 Å². The van der Waals surface area contributed by atoms with Crippen LogP contribution < -0.4 is 14.8 Å². The second kappa shape index (κ2) is 9.47. The maximum atomic E-state index is 13.1. The molecule has 3 heterocycles. The summed E-state index contributed by atoms with van der Waals surface area (Å²) in [6, 6.07) is 16.3. The van der Waals surface area contributed by atoms with Crippen molar-refractivity contribution in [1.29, 1.82) is 0 Å². The van der Waals surface area contributed by atoms with Crippen LogP contribution in [0.15, 0.2) is 65.7 Å². The van der Waals surface area contributed by atoms with E-state index in [2.05, 4.69) is 10.4 Å². The van der Waals surface area contributed by atoms with Gasteiger partial charge < -0.3 is 14.8 Å². The molecule has 0 unspecified atom stereocenters. The summed E-state index contributed by atoms with van der Waals surface area (Å²) in [5.41, 5.74) is 1.08. The van der Waals surface area contributed by atoms with Crippen LogP contribution in [0.2, 0.25) is 0 Å². The van der Waals surface area contributed by atoms with Crippen LogP contribution in [-0.4, -0.2) is 54.7 Å². The summed E-state index contributed by atoms with van der Waals surface area (Å²) < 4.78 is 40.5. The van der Waals surface area contributed by atoms with Crippen molar-refractivity contribution in [3.63, 3.8) is 0 Å². The van der Waals surface area contributed by atoms with Crippen LogP contribution in [0.25, 0.3) is 0 Å². The predicted molar refractivity (Wildman–Crippen MR) is 125 cm³/mol. The summed E-state index contributed by atoms with van der Waals surface area (Å²) in [4.78, 5) is 13.1. The van der Waals surface area contributed by atoms with Crippen LogP contribution in [0.5, 0.6) is 11.5 Å². The van der Waals surface area contributed by atoms with Crippen LogP contribution in [0.3, 0.4) is 0 Å². The van der Waals surface area contributed by atoms with Gasteiger partial charge in [-0.25, -0.2) is 13.1 Å². The molecule has 1 saturated heterocycles. The first kappa shape index (κ1) is 22.4. The molecule has 2 aliphatic heterocycles. The summed E-state index contributed by atoms with van der Waals surface area (Å²) in [5.74, 6) is 1.22.